The van der Waals surface area contributed by atoms with Crippen LogP contribution in [0.25, 0.3) is 0 Å². The molecule has 1 aliphatic rings. The molecule has 0 saturated carbocycles. The number of anilines is 1. The number of nitrogens with zero attached hydrogens (tertiary/aromatic N) is 2. The number of hydrogen-bond donors (Lipinski definition) is 1. The summed E-state index contributed by atoms with van der Waals surface area (Å²) in [6.45, 7) is 5.18. The quantitative estimate of drug-likeness (QED) is 0.662. The maximum atomic E-state index is 11.1. The first-order valence-corrected chi connectivity index (χ1v) is 6.95. The van der Waals surface area contributed by atoms with Crippen LogP contribution in [0.15, 0.2) is 18.2 Å². The summed E-state index contributed by atoms with van der Waals surface area (Å²) in [5.74, 6) is 0.626. The second-order valence-corrected chi connectivity index (χ2v) is 5.02. The number of likely N-dealkylation sites (N-methyl/N-ethyl adjacent to an activating group) is 1. The van der Waals surface area contributed by atoms with Crippen LogP contribution >= 0.6 is 0 Å². The van der Waals surface area contributed by atoms with Gasteiger partial charge >= 0.3 is 0 Å². The van der Waals surface area contributed by atoms with Gasteiger partial charge in [0.05, 0.1) is 12.0 Å². The molecule has 1 atom stereocenters. The SMILES string of the molecule is CCN1CCCC(Nc2cc(OC)ccc2[N+](=O)[O-])C1. The van der Waals surface area contributed by atoms with E-state index in [1.807, 2.05) is 0 Å². The van der Waals surface area contributed by atoms with Crippen LogP contribution in [0.3, 0.4) is 0 Å². The Hall–Kier alpha value is -1.82. The highest BCUT2D eigenvalue weighted by atomic mass is 16.6. The van der Waals surface area contributed by atoms with E-state index in [0.29, 0.717) is 11.4 Å². The molecule has 0 aromatic heterocycles. The van der Waals surface area contributed by atoms with Crippen LogP contribution in [-0.2, 0) is 0 Å². The van der Waals surface area contributed by atoms with Crippen molar-refractivity contribution in [2.24, 2.45) is 0 Å². The fourth-order valence-electron chi connectivity index (χ4n) is 2.60. The number of hydrogen-bond acceptors (Lipinski definition) is 5. The van der Waals surface area contributed by atoms with Gasteiger partial charge in [-0.2, -0.15) is 0 Å². The van der Waals surface area contributed by atoms with Gasteiger partial charge in [0.1, 0.15) is 11.4 Å². The highest BCUT2D eigenvalue weighted by Gasteiger charge is 2.22. The zero-order valence-corrected chi connectivity index (χ0v) is 12.0. The summed E-state index contributed by atoms with van der Waals surface area (Å²) in [5, 5.41) is 14.4. The molecule has 0 aliphatic carbocycles. The molecule has 1 heterocycles. The lowest BCUT2D eigenvalue weighted by Gasteiger charge is -2.32. The molecule has 1 unspecified atom stereocenters. The number of methoxy groups -OCH3 is 1. The third-order valence-electron chi connectivity index (χ3n) is 3.71. The van der Waals surface area contributed by atoms with Crippen molar-refractivity contribution in [2.45, 2.75) is 25.8 Å². The zero-order valence-electron chi connectivity index (χ0n) is 12.0. The lowest BCUT2D eigenvalue weighted by atomic mass is 10.1. The van der Waals surface area contributed by atoms with E-state index in [1.54, 1.807) is 19.2 Å². The van der Waals surface area contributed by atoms with Gasteiger partial charge in [-0.15, -0.1) is 0 Å². The summed E-state index contributed by atoms with van der Waals surface area (Å²) in [6.07, 6.45) is 2.15. The number of likely N-dealkylation sites (tertiary alicyclic amines) is 1. The summed E-state index contributed by atoms with van der Waals surface area (Å²) in [4.78, 5) is 13.1. The second-order valence-electron chi connectivity index (χ2n) is 5.02. The van der Waals surface area contributed by atoms with Gasteiger partial charge in [-0.05, 0) is 32.0 Å². The van der Waals surface area contributed by atoms with Crippen LogP contribution in [0.5, 0.6) is 5.75 Å². The lowest BCUT2D eigenvalue weighted by Crippen LogP contribution is -2.41. The Kier molecular flexibility index (Phi) is 4.79. The Morgan fingerprint density at radius 3 is 3.00 bits per heavy atom. The average molecular weight is 279 g/mol. The number of rotatable bonds is 5. The fraction of sp³-hybridized carbons (Fsp3) is 0.571. The number of nitro benzene ring substituents is 1. The molecule has 1 N–H and O–H groups in total. The highest BCUT2D eigenvalue weighted by Crippen LogP contribution is 2.30. The van der Waals surface area contributed by atoms with Crippen LogP contribution in [0.4, 0.5) is 11.4 Å². The lowest BCUT2D eigenvalue weighted by molar-refractivity contribution is -0.384. The van der Waals surface area contributed by atoms with E-state index < -0.39 is 0 Å². The fourth-order valence-corrected chi connectivity index (χ4v) is 2.60. The smallest absolute Gasteiger partial charge is 0.292 e. The third kappa shape index (κ3) is 3.39. The maximum Gasteiger partial charge on any atom is 0.292 e. The molecule has 1 aromatic carbocycles. The monoisotopic (exact) mass is 279 g/mol. The maximum absolute atomic E-state index is 11.1. The Bertz CT molecular complexity index is 479. The van der Waals surface area contributed by atoms with E-state index >= 15 is 0 Å². The molecule has 110 valence electrons. The summed E-state index contributed by atoms with van der Waals surface area (Å²) in [6, 6.07) is 5.04. The van der Waals surface area contributed by atoms with Crippen molar-refractivity contribution >= 4 is 11.4 Å². The Balaban J connectivity index is 2.16. The Morgan fingerprint density at radius 2 is 2.35 bits per heavy atom. The van der Waals surface area contributed by atoms with Crippen molar-refractivity contribution in [3.8, 4) is 5.75 Å². The topological polar surface area (TPSA) is 67.6 Å². The summed E-state index contributed by atoms with van der Waals surface area (Å²) in [5.41, 5.74) is 0.636. The van der Waals surface area contributed by atoms with Crippen molar-refractivity contribution in [3.63, 3.8) is 0 Å². The number of piperidine rings is 1. The molecule has 1 fully saturated rings. The van der Waals surface area contributed by atoms with Crippen molar-refractivity contribution in [1.29, 1.82) is 0 Å². The van der Waals surface area contributed by atoms with Gasteiger partial charge in [0.15, 0.2) is 0 Å². The number of ether oxygens (including phenoxy) is 1. The van der Waals surface area contributed by atoms with Gasteiger partial charge in [-0.1, -0.05) is 6.92 Å². The van der Waals surface area contributed by atoms with Gasteiger partial charge in [-0.3, -0.25) is 10.1 Å². The normalized spacial score (nSPS) is 19.6. The molecule has 0 spiro atoms. The third-order valence-corrected chi connectivity index (χ3v) is 3.71. The molecular formula is C14H21N3O3. The molecule has 6 nitrogen and oxygen atoms in total. The van der Waals surface area contributed by atoms with E-state index in [-0.39, 0.29) is 16.7 Å². The predicted octanol–water partition coefficient (Wildman–Crippen LogP) is 2.50. The predicted molar refractivity (Wildman–Crippen MR) is 78.4 cm³/mol. The Morgan fingerprint density at radius 1 is 1.55 bits per heavy atom. The molecule has 0 radical (unpaired) electrons. The Labute approximate surface area is 118 Å². The van der Waals surface area contributed by atoms with E-state index in [0.717, 1.165) is 32.5 Å². The molecule has 0 bridgehead atoms. The van der Waals surface area contributed by atoms with Crippen molar-refractivity contribution in [1.82, 2.24) is 4.90 Å². The minimum absolute atomic E-state index is 0.0967. The first-order valence-electron chi connectivity index (χ1n) is 6.95. The first kappa shape index (κ1) is 14.6. The van der Waals surface area contributed by atoms with E-state index in [9.17, 15) is 10.1 Å². The molecule has 2 rings (SSSR count). The number of nitrogens with one attached hydrogen (secondary N) is 1. The summed E-state index contributed by atoms with van der Waals surface area (Å²) >= 11 is 0. The standard InChI is InChI=1S/C14H21N3O3/c1-3-16-8-4-5-11(10-16)15-13-9-12(20-2)6-7-14(13)17(18)19/h6-7,9,11,15H,3-5,8,10H2,1-2H3. The van der Waals surface area contributed by atoms with Crippen LogP contribution < -0.4 is 10.1 Å². The molecule has 6 heteroatoms. The van der Waals surface area contributed by atoms with Crippen LogP contribution in [0.2, 0.25) is 0 Å². The summed E-state index contributed by atoms with van der Waals surface area (Å²) < 4.78 is 5.15. The number of benzene rings is 1. The van der Waals surface area contributed by atoms with E-state index in [4.69, 9.17) is 4.74 Å². The minimum atomic E-state index is -0.359. The van der Waals surface area contributed by atoms with Crippen LogP contribution in [0, 0.1) is 10.1 Å². The number of nitro groups is 1. The molecular weight excluding hydrogens is 258 g/mol. The van der Waals surface area contributed by atoms with Crippen LogP contribution in [0.1, 0.15) is 19.8 Å². The minimum Gasteiger partial charge on any atom is -0.497 e. The summed E-state index contributed by atoms with van der Waals surface area (Å²) in [7, 11) is 1.56. The van der Waals surface area contributed by atoms with Crippen molar-refractivity contribution < 1.29 is 9.66 Å². The second kappa shape index (κ2) is 6.56. The highest BCUT2D eigenvalue weighted by molar-refractivity contribution is 5.64. The van der Waals surface area contributed by atoms with Crippen LogP contribution in [-0.4, -0.2) is 42.6 Å². The largest absolute Gasteiger partial charge is 0.497 e. The first-order chi connectivity index (χ1) is 9.63. The molecule has 20 heavy (non-hydrogen) atoms. The van der Waals surface area contributed by atoms with Crippen molar-refractivity contribution in [3.05, 3.63) is 28.3 Å². The van der Waals surface area contributed by atoms with Gasteiger partial charge in [0.25, 0.3) is 5.69 Å². The molecule has 1 aromatic rings. The van der Waals surface area contributed by atoms with Gasteiger partial charge in [-0.25, -0.2) is 0 Å². The van der Waals surface area contributed by atoms with Gasteiger partial charge < -0.3 is 15.0 Å². The van der Waals surface area contributed by atoms with E-state index in [1.165, 1.54) is 6.07 Å². The van der Waals surface area contributed by atoms with E-state index in [2.05, 4.69) is 17.1 Å². The molecule has 0 amide bonds. The van der Waals surface area contributed by atoms with Crippen molar-refractivity contribution in [2.75, 3.05) is 32.1 Å². The zero-order chi connectivity index (χ0) is 14.5. The van der Waals surface area contributed by atoms with Gasteiger partial charge in [0.2, 0.25) is 0 Å². The average Bonchev–Trinajstić information content (AvgIpc) is 2.47. The molecule has 1 aliphatic heterocycles. The van der Waals surface area contributed by atoms with Gasteiger partial charge in [0, 0.05) is 24.7 Å². The molecule has 1 saturated heterocycles.